The van der Waals surface area contributed by atoms with Crippen molar-refractivity contribution < 1.29 is 15.3 Å². The molecule has 13 heavy (non-hydrogen) atoms. The zero-order valence-corrected chi connectivity index (χ0v) is 7.14. The molecule has 1 aromatic carbocycles. The summed E-state index contributed by atoms with van der Waals surface area (Å²) in [4.78, 5) is 0. The molecule has 0 radical (unpaired) electrons. The standard InChI is InChI=1S/C8H10O3.H4N2/c9-4-6-1-7(5-10)3-8(11)2-6;1-2/h1-3,9-11H,4-5H2;1-2H2. The molecule has 0 aliphatic carbocycles. The van der Waals surface area contributed by atoms with Crippen LogP contribution in [0.2, 0.25) is 0 Å². The highest BCUT2D eigenvalue weighted by Gasteiger charge is 1.97. The molecule has 5 nitrogen and oxygen atoms in total. The van der Waals surface area contributed by atoms with Crippen LogP contribution in [0.4, 0.5) is 0 Å². The second kappa shape index (κ2) is 6.38. The van der Waals surface area contributed by atoms with Crippen molar-refractivity contribution in [1.82, 2.24) is 0 Å². The van der Waals surface area contributed by atoms with E-state index in [1.54, 1.807) is 6.07 Å². The second-order valence-corrected chi connectivity index (χ2v) is 2.32. The Bertz CT molecular complexity index is 231. The van der Waals surface area contributed by atoms with E-state index in [9.17, 15) is 0 Å². The van der Waals surface area contributed by atoms with E-state index in [-0.39, 0.29) is 19.0 Å². The zero-order chi connectivity index (χ0) is 10.3. The molecule has 0 heterocycles. The summed E-state index contributed by atoms with van der Waals surface area (Å²) in [6.45, 7) is -0.247. The van der Waals surface area contributed by atoms with Crippen LogP contribution in [0.1, 0.15) is 11.1 Å². The van der Waals surface area contributed by atoms with Crippen LogP contribution in [-0.2, 0) is 13.2 Å². The monoisotopic (exact) mass is 186 g/mol. The first-order valence-electron chi connectivity index (χ1n) is 3.63. The van der Waals surface area contributed by atoms with Gasteiger partial charge in [0.1, 0.15) is 5.75 Å². The minimum absolute atomic E-state index is 0.0700. The van der Waals surface area contributed by atoms with Crippen molar-refractivity contribution >= 4 is 0 Å². The highest BCUT2D eigenvalue weighted by atomic mass is 16.3. The van der Waals surface area contributed by atoms with Gasteiger partial charge in [-0.15, -0.1) is 0 Å². The fourth-order valence-corrected chi connectivity index (χ4v) is 0.926. The lowest BCUT2D eigenvalue weighted by molar-refractivity contribution is 0.274. The maximum atomic E-state index is 9.03. The Morgan fingerprint density at radius 1 is 0.923 bits per heavy atom. The summed E-state index contributed by atoms with van der Waals surface area (Å²) >= 11 is 0. The summed E-state index contributed by atoms with van der Waals surface area (Å²) < 4.78 is 0. The molecule has 74 valence electrons. The van der Waals surface area contributed by atoms with Crippen LogP contribution in [-0.4, -0.2) is 15.3 Å². The van der Waals surface area contributed by atoms with Crippen LogP contribution in [0.25, 0.3) is 0 Å². The van der Waals surface area contributed by atoms with Crippen molar-refractivity contribution in [2.24, 2.45) is 11.7 Å². The largest absolute Gasteiger partial charge is 0.508 e. The van der Waals surface area contributed by atoms with Gasteiger partial charge in [-0.3, -0.25) is 11.7 Å². The number of hydrogen-bond donors (Lipinski definition) is 5. The number of hydrazine groups is 1. The van der Waals surface area contributed by atoms with E-state index in [1.165, 1.54) is 12.1 Å². The first-order chi connectivity index (χ1) is 6.26. The fraction of sp³-hybridized carbons (Fsp3) is 0.250. The predicted molar refractivity (Wildman–Crippen MR) is 48.3 cm³/mol. The highest BCUT2D eigenvalue weighted by Crippen LogP contribution is 2.15. The van der Waals surface area contributed by atoms with Gasteiger partial charge in [0.25, 0.3) is 0 Å². The summed E-state index contributed by atoms with van der Waals surface area (Å²) in [5.41, 5.74) is 1.21. The van der Waals surface area contributed by atoms with Gasteiger partial charge in [0.15, 0.2) is 0 Å². The number of phenols is 1. The van der Waals surface area contributed by atoms with E-state index >= 15 is 0 Å². The molecule has 0 saturated carbocycles. The lowest BCUT2D eigenvalue weighted by Gasteiger charge is -2.01. The highest BCUT2D eigenvalue weighted by molar-refractivity contribution is 5.32. The van der Waals surface area contributed by atoms with E-state index < -0.39 is 0 Å². The molecule has 1 aromatic rings. The van der Waals surface area contributed by atoms with Crippen molar-refractivity contribution in [3.63, 3.8) is 0 Å². The zero-order valence-electron chi connectivity index (χ0n) is 7.14. The van der Waals surface area contributed by atoms with Gasteiger partial charge in [0.05, 0.1) is 13.2 Å². The first-order valence-corrected chi connectivity index (χ1v) is 3.63. The predicted octanol–water partition coefficient (Wildman–Crippen LogP) is -0.804. The third kappa shape index (κ3) is 3.86. The second-order valence-electron chi connectivity index (χ2n) is 2.32. The molecular weight excluding hydrogens is 172 g/mol. The summed E-state index contributed by atoms with van der Waals surface area (Å²) in [5, 5.41) is 26.4. The minimum atomic E-state index is -0.124. The van der Waals surface area contributed by atoms with Crippen molar-refractivity contribution in [2.75, 3.05) is 0 Å². The van der Waals surface area contributed by atoms with Crippen LogP contribution in [0.3, 0.4) is 0 Å². The van der Waals surface area contributed by atoms with Gasteiger partial charge < -0.3 is 15.3 Å². The molecule has 0 fully saturated rings. The van der Waals surface area contributed by atoms with Gasteiger partial charge in [0, 0.05) is 0 Å². The number of nitrogens with two attached hydrogens (primary N) is 2. The molecule has 1 rings (SSSR count). The van der Waals surface area contributed by atoms with Crippen LogP contribution in [0.15, 0.2) is 18.2 Å². The molecule has 0 bridgehead atoms. The van der Waals surface area contributed by atoms with Crippen molar-refractivity contribution in [1.29, 1.82) is 0 Å². The lowest BCUT2D eigenvalue weighted by Crippen LogP contribution is -2.02. The molecule has 0 aliphatic heterocycles. The van der Waals surface area contributed by atoms with Gasteiger partial charge in [-0.1, -0.05) is 6.07 Å². The third-order valence-corrected chi connectivity index (χ3v) is 1.40. The van der Waals surface area contributed by atoms with Crippen LogP contribution >= 0.6 is 0 Å². The number of rotatable bonds is 2. The number of benzene rings is 1. The summed E-state index contributed by atoms with van der Waals surface area (Å²) in [7, 11) is 0. The number of aliphatic hydroxyl groups is 2. The average molecular weight is 186 g/mol. The Balaban J connectivity index is 0.000000671. The van der Waals surface area contributed by atoms with Crippen molar-refractivity contribution in [3.05, 3.63) is 29.3 Å². The van der Waals surface area contributed by atoms with Crippen LogP contribution in [0.5, 0.6) is 5.75 Å². The Hall–Kier alpha value is -1.14. The van der Waals surface area contributed by atoms with E-state index in [2.05, 4.69) is 11.7 Å². The van der Waals surface area contributed by atoms with Crippen molar-refractivity contribution in [3.8, 4) is 5.75 Å². The molecule has 0 aromatic heterocycles. The molecular formula is C8H14N2O3. The first kappa shape index (κ1) is 11.9. The van der Waals surface area contributed by atoms with Gasteiger partial charge in [-0.25, -0.2) is 0 Å². The maximum Gasteiger partial charge on any atom is 0.116 e. The Morgan fingerprint density at radius 2 is 1.31 bits per heavy atom. The minimum Gasteiger partial charge on any atom is -0.508 e. The molecule has 0 saturated heterocycles. The Labute approximate surface area is 76.2 Å². The summed E-state index contributed by atoms with van der Waals surface area (Å²) in [6.07, 6.45) is 0. The quantitative estimate of drug-likeness (QED) is 0.306. The van der Waals surface area contributed by atoms with E-state index in [1.807, 2.05) is 0 Å². The molecule has 5 heteroatoms. The molecule has 7 N–H and O–H groups in total. The molecule has 0 amide bonds. The number of aliphatic hydroxyl groups excluding tert-OH is 2. The Morgan fingerprint density at radius 3 is 1.62 bits per heavy atom. The normalized spacial score (nSPS) is 8.92. The average Bonchev–Trinajstić information content (AvgIpc) is 2.20. The van der Waals surface area contributed by atoms with E-state index in [4.69, 9.17) is 15.3 Å². The molecule has 0 aliphatic rings. The number of phenolic OH excluding ortho intramolecular Hbond substituents is 1. The molecule has 0 unspecified atom stereocenters. The maximum absolute atomic E-state index is 9.03. The summed E-state index contributed by atoms with van der Waals surface area (Å²) in [5.74, 6) is 8.07. The number of aromatic hydroxyl groups is 1. The van der Waals surface area contributed by atoms with E-state index in [0.29, 0.717) is 11.1 Å². The SMILES string of the molecule is NN.OCc1cc(O)cc(CO)c1. The summed E-state index contributed by atoms with van der Waals surface area (Å²) in [6, 6.07) is 4.55. The van der Waals surface area contributed by atoms with Gasteiger partial charge in [-0.2, -0.15) is 0 Å². The van der Waals surface area contributed by atoms with Gasteiger partial charge in [0.2, 0.25) is 0 Å². The van der Waals surface area contributed by atoms with Crippen molar-refractivity contribution in [2.45, 2.75) is 13.2 Å². The number of hydrogen-bond acceptors (Lipinski definition) is 5. The molecule has 0 atom stereocenters. The van der Waals surface area contributed by atoms with E-state index in [0.717, 1.165) is 0 Å². The van der Waals surface area contributed by atoms with Gasteiger partial charge >= 0.3 is 0 Å². The van der Waals surface area contributed by atoms with Crippen LogP contribution < -0.4 is 11.7 Å². The fourth-order valence-electron chi connectivity index (χ4n) is 0.926. The molecule has 0 spiro atoms. The third-order valence-electron chi connectivity index (χ3n) is 1.40. The lowest BCUT2D eigenvalue weighted by atomic mass is 10.1. The van der Waals surface area contributed by atoms with Gasteiger partial charge in [-0.05, 0) is 23.3 Å². The topological polar surface area (TPSA) is 113 Å². The smallest absolute Gasteiger partial charge is 0.116 e. The Kier molecular flexibility index (Phi) is 5.82. The van der Waals surface area contributed by atoms with Crippen LogP contribution in [0, 0.1) is 0 Å².